The van der Waals surface area contributed by atoms with Crippen molar-refractivity contribution in [1.29, 1.82) is 10.8 Å². The highest BCUT2D eigenvalue weighted by Gasteiger charge is 2.11. The fourth-order valence-electron chi connectivity index (χ4n) is 3.14. The van der Waals surface area contributed by atoms with Crippen molar-refractivity contribution in [2.45, 2.75) is 0 Å². The van der Waals surface area contributed by atoms with Crippen molar-refractivity contribution in [2.75, 3.05) is 0 Å². The van der Waals surface area contributed by atoms with Crippen LogP contribution in [-0.2, 0) is 0 Å². The Morgan fingerprint density at radius 2 is 1.59 bits per heavy atom. The topological polar surface area (TPSA) is 128 Å². The predicted octanol–water partition coefficient (Wildman–Crippen LogP) is 3.47. The van der Waals surface area contributed by atoms with Gasteiger partial charge in [0.15, 0.2) is 0 Å². The van der Waals surface area contributed by atoms with Crippen LogP contribution in [0.25, 0.3) is 33.3 Å². The van der Waals surface area contributed by atoms with E-state index in [9.17, 15) is 0 Å². The molecule has 4 aromatic rings. The largest absolute Gasteiger partial charge is 0.384 e. The fraction of sp³-hybridized carbons (Fsp3) is 0. The van der Waals surface area contributed by atoms with E-state index >= 15 is 0 Å². The highest BCUT2D eigenvalue weighted by Crippen LogP contribution is 2.29. The maximum atomic E-state index is 7.75. The second-order valence-corrected chi connectivity index (χ2v) is 6.31. The molecule has 0 radical (unpaired) electrons. The number of rotatable bonds is 4. The fourth-order valence-corrected chi connectivity index (χ4v) is 3.14. The Morgan fingerprint density at radius 3 is 2.30 bits per heavy atom. The lowest BCUT2D eigenvalue weighted by Gasteiger charge is -2.05. The lowest BCUT2D eigenvalue weighted by Crippen LogP contribution is -2.12. The molecule has 0 bridgehead atoms. The van der Waals surface area contributed by atoms with Crippen molar-refractivity contribution in [3.05, 3.63) is 78.1 Å². The number of aromatic amines is 1. The monoisotopic (exact) mass is 354 g/mol. The zero-order valence-electron chi connectivity index (χ0n) is 14.5. The number of amidine groups is 2. The lowest BCUT2D eigenvalue weighted by molar-refractivity contribution is 1.29. The third kappa shape index (κ3) is 3.04. The van der Waals surface area contributed by atoms with Crippen LogP contribution in [0.5, 0.6) is 0 Å². The van der Waals surface area contributed by atoms with E-state index < -0.39 is 0 Å². The number of nitrogens with one attached hydrogen (secondary N) is 3. The zero-order chi connectivity index (χ0) is 19.0. The van der Waals surface area contributed by atoms with Crippen LogP contribution in [-0.4, -0.2) is 21.6 Å². The standard InChI is InChI=1S/C21H18N6/c22-20(23)13-3-1-12(2-4-13)14-5-6-15-10-19(27-18(15)9-14)16-7-8-26-11-17(16)21(24)25/h1-11,27H,(H3,22,23)(H3,24,25). The number of hydrogen-bond donors (Lipinski definition) is 5. The molecule has 7 N–H and O–H groups in total. The third-order valence-corrected chi connectivity index (χ3v) is 4.55. The van der Waals surface area contributed by atoms with E-state index in [1.165, 1.54) is 0 Å². The van der Waals surface area contributed by atoms with Crippen molar-refractivity contribution < 1.29 is 0 Å². The number of nitrogens with zero attached hydrogens (tertiary/aromatic N) is 1. The second kappa shape index (κ2) is 6.42. The SMILES string of the molecule is N=C(N)c1ccc(-c2ccc3cc(-c4ccncc4C(=N)N)[nH]c3c2)cc1. The number of aromatic nitrogens is 2. The summed E-state index contributed by atoms with van der Waals surface area (Å²) in [5, 5.41) is 16.3. The first kappa shape index (κ1) is 16.5. The lowest BCUT2D eigenvalue weighted by atomic mass is 10.0. The maximum absolute atomic E-state index is 7.75. The summed E-state index contributed by atoms with van der Waals surface area (Å²) < 4.78 is 0. The molecule has 0 aliphatic carbocycles. The molecule has 4 rings (SSSR count). The van der Waals surface area contributed by atoms with E-state index in [0.717, 1.165) is 33.3 Å². The van der Waals surface area contributed by atoms with Gasteiger partial charge in [0.25, 0.3) is 0 Å². The Hall–Kier alpha value is -3.93. The molecule has 0 spiro atoms. The number of benzene rings is 2. The van der Waals surface area contributed by atoms with E-state index in [1.807, 2.05) is 36.4 Å². The number of hydrogen-bond acceptors (Lipinski definition) is 3. The average Bonchev–Trinajstić information content (AvgIpc) is 3.11. The van der Waals surface area contributed by atoms with Crippen molar-refractivity contribution in [2.24, 2.45) is 11.5 Å². The summed E-state index contributed by atoms with van der Waals surface area (Å²) in [5.74, 6) is 0.0487. The molecule has 6 nitrogen and oxygen atoms in total. The minimum absolute atomic E-state index is 0.0111. The summed E-state index contributed by atoms with van der Waals surface area (Å²) in [6.07, 6.45) is 3.29. The van der Waals surface area contributed by atoms with Gasteiger partial charge in [-0.2, -0.15) is 0 Å². The highest BCUT2D eigenvalue weighted by atomic mass is 14.8. The summed E-state index contributed by atoms with van der Waals surface area (Å²) in [7, 11) is 0. The van der Waals surface area contributed by atoms with E-state index in [2.05, 4.69) is 28.2 Å². The van der Waals surface area contributed by atoms with Crippen LogP contribution in [0.1, 0.15) is 11.1 Å². The van der Waals surface area contributed by atoms with Crippen molar-refractivity contribution in [3.63, 3.8) is 0 Å². The van der Waals surface area contributed by atoms with Gasteiger partial charge >= 0.3 is 0 Å². The first-order chi connectivity index (χ1) is 13.0. The van der Waals surface area contributed by atoms with Crippen LogP contribution in [0.3, 0.4) is 0 Å². The maximum Gasteiger partial charge on any atom is 0.125 e. The second-order valence-electron chi connectivity index (χ2n) is 6.31. The van der Waals surface area contributed by atoms with Gasteiger partial charge < -0.3 is 16.5 Å². The first-order valence-corrected chi connectivity index (χ1v) is 8.39. The average molecular weight is 354 g/mol. The number of H-pyrrole nitrogens is 1. The van der Waals surface area contributed by atoms with Gasteiger partial charge in [0.2, 0.25) is 0 Å². The van der Waals surface area contributed by atoms with Gasteiger partial charge in [-0.1, -0.05) is 36.4 Å². The molecular weight excluding hydrogens is 336 g/mol. The quantitative estimate of drug-likeness (QED) is 0.284. The molecule has 27 heavy (non-hydrogen) atoms. The summed E-state index contributed by atoms with van der Waals surface area (Å²) in [4.78, 5) is 7.47. The number of nitrogen functional groups attached to an aromatic ring is 2. The Morgan fingerprint density at radius 1 is 0.852 bits per heavy atom. The molecule has 132 valence electrons. The summed E-state index contributed by atoms with van der Waals surface area (Å²) in [6, 6.07) is 17.7. The molecule has 0 atom stereocenters. The summed E-state index contributed by atoms with van der Waals surface area (Å²) in [6.45, 7) is 0. The third-order valence-electron chi connectivity index (χ3n) is 4.55. The van der Waals surface area contributed by atoms with Gasteiger partial charge in [0, 0.05) is 45.7 Å². The van der Waals surface area contributed by atoms with Crippen LogP contribution in [0.2, 0.25) is 0 Å². The Balaban J connectivity index is 1.77. The minimum Gasteiger partial charge on any atom is -0.384 e. The van der Waals surface area contributed by atoms with E-state index in [4.69, 9.17) is 22.3 Å². The normalized spacial score (nSPS) is 10.8. The Bertz CT molecular complexity index is 1170. The molecule has 2 aromatic carbocycles. The van der Waals surface area contributed by atoms with Crippen molar-refractivity contribution in [1.82, 2.24) is 9.97 Å². The van der Waals surface area contributed by atoms with Crippen LogP contribution in [0.4, 0.5) is 0 Å². The molecule has 0 saturated carbocycles. The predicted molar refractivity (Wildman–Crippen MR) is 109 cm³/mol. The van der Waals surface area contributed by atoms with Crippen LogP contribution in [0, 0.1) is 10.8 Å². The molecule has 0 saturated heterocycles. The molecule has 0 fully saturated rings. The van der Waals surface area contributed by atoms with Crippen LogP contribution < -0.4 is 11.5 Å². The molecule has 0 amide bonds. The molecular formula is C21H18N6. The van der Waals surface area contributed by atoms with E-state index in [-0.39, 0.29) is 11.7 Å². The molecule has 6 heteroatoms. The molecule has 2 heterocycles. The highest BCUT2D eigenvalue weighted by molar-refractivity contribution is 6.02. The first-order valence-electron chi connectivity index (χ1n) is 8.39. The molecule has 0 aliphatic heterocycles. The zero-order valence-corrected chi connectivity index (χ0v) is 14.5. The van der Waals surface area contributed by atoms with Crippen molar-refractivity contribution in [3.8, 4) is 22.4 Å². The summed E-state index contributed by atoms with van der Waals surface area (Å²) in [5.41, 5.74) is 17.3. The minimum atomic E-state index is -0.0111. The van der Waals surface area contributed by atoms with E-state index in [0.29, 0.717) is 11.1 Å². The van der Waals surface area contributed by atoms with Crippen LogP contribution >= 0.6 is 0 Å². The Kier molecular flexibility index (Phi) is 3.93. The van der Waals surface area contributed by atoms with Gasteiger partial charge in [-0.3, -0.25) is 15.8 Å². The number of fused-ring (bicyclic) bond motifs is 1. The van der Waals surface area contributed by atoms with E-state index in [1.54, 1.807) is 12.4 Å². The summed E-state index contributed by atoms with van der Waals surface area (Å²) >= 11 is 0. The van der Waals surface area contributed by atoms with Gasteiger partial charge in [0.05, 0.1) is 0 Å². The van der Waals surface area contributed by atoms with Crippen LogP contribution in [0.15, 0.2) is 67.0 Å². The van der Waals surface area contributed by atoms with Crippen molar-refractivity contribution >= 4 is 22.6 Å². The smallest absolute Gasteiger partial charge is 0.125 e. The molecule has 0 unspecified atom stereocenters. The van der Waals surface area contributed by atoms with Gasteiger partial charge in [0.1, 0.15) is 11.7 Å². The molecule has 0 aliphatic rings. The Labute approximate surface area is 155 Å². The van der Waals surface area contributed by atoms with Gasteiger partial charge in [-0.15, -0.1) is 0 Å². The van der Waals surface area contributed by atoms with Gasteiger partial charge in [-0.25, -0.2) is 0 Å². The number of pyridine rings is 1. The van der Waals surface area contributed by atoms with Gasteiger partial charge in [-0.05, 0) is 29.3 Å². The number of nitrogens with two attached hydrogens (primary N) is 2. The molecule has 2 aromatic heterocycles.